The molecule has 106 valence electrons. The third kappa shape index (κ3) is 2.03. The average molecular weight is 268 g/mol. The van der Waals surface area contributed by atoms with Crippen molar-refractivity contribution >= 4 is 11.8 Å². The highest BCUT2D eigenvalue weighted by Crippen LogP contribution is 2.42. The van der Waals surface area contributed by atoms with E-state index in [0.29, 0.717) is 18.9 Å². The van der Waals surface area contributed by atoms with E-state index in [1.165, 1.54) is 0 Å². The molecular weight excluding hydrogens is 247 g/mol. The third-order valence-electron chi connectivity index (χ3n) is 4.80. The number of nitrogens with one attached hydrogen (secondary N) is 1. The number of hydrogen-bond acceptors (Lipinski definition) is 2. The minimum atomic E-state index is -0.669. The van der Waals surface area contributed by atoms with Crippen LogP contribution in [-0.4, -0.2) is 41.5 Å². The largest absolute Gasteiger partial charge is 0.342 e. The molecule has 3 rings (SSSR count). The zero-order chi connectivity index (χ0) is 13.5. The summed E-state index contributed by atoms with van der Waals surface area (Å²) in [5, 5.41) is 2.94. The maximum atomic E-state index is 12.6. The number of hydrogen-bond donors (Lipinski definition) is 1. The van der Waals surface area contributed by atoms with E-state index < -0.39 is 12.2 Å². The molecule has 1 N–H and O–H groups in total. The summed E-state index contributed by atoms with van der Waals surface area (Å²) in [5.74, 6) is 0.334. The Morgan fingerprint density at radius 1 is 1.26 bits per heavy atom. The summed E-state index contributed by atoms with van der Waals surface area (Å²) in [7, 11) is 0. The second-order valence-electron chi connectivity index (χ2n) is 6.06. The molecule has 5 heteroatoms. The van der Waals surface area contributed by atoms with E-state index in [4.69, 9.17) is 0 Å². The topological polar surface area (TPSA) is 49.4 Å². The van der Waals surface area contributed by atoms with Crippen LogP contribution >= 0.6 is 0 Å². The Labute approximate surface area is 112 Å². The maximum absolute atomic E-state index is 12.6. The Balaban J connectivity index is 1.85. The second kappa shape index (κ2) is 4.76. The van der Waals surface area contributed by atoms with E-state index >= 15 is 0 Å². The molecule has 2 amide bonds. The molecule has 0 aromatic rings. The van der Waals surface area contributed by atoms with Gasteiger partial charge in [-0.1, -0.05) is 12.8 Å². The van der Waals surface area contributed by atoms with Gasteiger partial charge in [-0.3, -0.25) is 14.0 Å². The first-order valence-corrected chi connectivity index (χ1v) is 7.37. The molecule has 1 atom stereocenters. The van der Waals surface area contributed by atoms with Gasteiger partial charge in [-0.05, 0) is 38.0 Å². The van der Waals surface area contributed by atoms with E-state index in [1.807, 2.05) is 0 Å². The van der Waals surface area contributed by atoms with Gasteiger partial charge in [-0.15, -0.1) is 0 Å². The molecule has 1 aliphatic heterocycles. The lowest BCUT2D eigenvalue weighted by Gasteiger charge is -2.46. The summed E-state index contributed by atoms with van der Waals surface area (Å²) in [6, 6.07) is -0.349. The van der Waals surface area contributed by atoms with Crippen molar-refractivity contribution in [1.82, 2.24) is 10.2 Å². The Kier molecular flexibility index (Phi) is 3.23. The maximum Gasteiger partial charge on any atom is 0.246 e. The monoisotopic (exact) mass is 268 g/mol. The lowest BCUT2D eigenvalue weighted by Crippen LogP contribution is -2.70. The fourth-order valence-corrected chi connectivity index (χ4v) is 3.59. The van der Waals surface area contributed by atoms with Gasteiger partial charge in [0, 0.05) is 6.54 Å². The Hall–Kier alpha value is -1.13. The first-order valence-electron chi connectivity index (χ1n) is 7.37. The van der Waals surface area contributed by atoms with Gasteiger partial charge in [0.25, 0.3) is 0 Å². The normalized spacial score (nSPS) is 29.9. The average Bonchev–Trinajstić information content (AvgIpc) is 3.13. The SMILES string of the molecule is O=C1C(C2CC2)NC(=O)C2(CCCC2)N1CCCF. The van der Waals surface area contributed by atoms with Crippen molar-refractivity contribution < 1.29 is 14.0 Å². The van der Waals surface area contributed by atoms with Gasteiger partial charge >= 0.3 is 0 Å². The van der Waals surface area contributed by atoms with E-state index in [9.17, 15) is 14.0 Å². The van der Waals surface area contributed by atoms with Crippen LogP contribution < -0.4 is 5.32 Å². The number of nitrogens with zero attached hydrogens (tertiary/aromatic N) is 1. The number of carbonyl (C=O) groups excluding carboxylic acids is 2. The van der Waals surface area contributed by atoms with Crippen molar-refractivity contribution in [2.45, 2.75) is 56.5 Å². The number of halogens is 1. The fourth-order valence-electron chi connectivity index (χ4n) is 3.59. The van der Waals surface area contributed by atoms with Crippen molar-refractivity contribution in [2.75, 3.05) is 13.2 Å². The van der Waals surface area contributed by atoms with Crippen molar-refractivity contribution in [3.8, 4) is 0 Å². The predicted octanol–water partition coefficient (Wildman–Crippen LogP) is 1.40. The van der Waals surface area contributed by atoms with Crippen LogP contribution in [0.3, 0.4) is 0 Å². The molecule has 0 aromatic heterocycles. The number of amides is 2. The number of alkyl halides is 1. The second-order valence-corrected chi connectivity index (χ2v) is 6.06. The van der Waals surface area contributed by atoms with Crippen LogP contribution in [0.5, 0.6) is 0 Å². The molecule has 0 aromatic carbocycles. The van der Waals surface area contributed by atoms with Crippen LogP contribution in [-0.2, 0) is 9.59 Å². The Morgan fingerprint density at radius 3 is 2.53 bits per heavy atom. The molecule has 0 radical (unpaired) electrons. The predicted molar refractivity (Wildman–Crippen MR) is 68.2 cm³/mol. The lowest BCUT2D eigenvalue weighted by molar-refractivity contribution is -0.158. The molecule has 0 bridgehead atoms. The summed E-state index contributed by atoms with van der Waals surface area (Å²) < 4.78 is 12.5. The highest BCUT2D eigenvalue weighted by molar-refractivity contribution is 6.00. The van der Waals surface area contributed by atoms with E-state index in [0.717, 1.165) is 38.5 Å². The van der Waals surface area contributed by atoms with Gasteiger partial charge < -0.3 is 10.2 Å². The van der Waals surface area contributed by atoms with Crippen molar-refractivity contribution in [3.05, 3.63) is 0 Å². The van der Waals surface area contributed by atoms with Crippen LogP contribution in [0.25, 0.3) is 0 Å². The molecule has 3 fully saturated rings. The summed E-state index contributed by atoms with van der Waals surface area (Å²) >= 11 is 0. The molecule has 1 saturated heterocycles. The number of rotatable bonds is 4. The lowest BCUT2D eigenvalue weighted by atomic mass is 9.88. The van der Waals surface area contributed by atoms with E-state index in [2.05, 4.69) is 5.32 Å². The molecule has 1 spiro atoms. The summed E-state index contributed by atoms with van der Waals surface area (Å²) in [6.07, 6.45) is 5.77. The molecule has 19 heavy (non-hydrogen) atoms. The van der Waals surface area contributed by atoms with Crippen LogP contribution in [0.15, 0.2) is 0 Å². The van der Waals surface area contributed by atoms with Crippen molar-refractivity contribution in [2.24, 2.45) is 5.92 Å². The van der Waals surface area contributed by atoms with Gasteiger partial charge in [0.2, 0.25) is 11.8 Å². The van der Waals surface area contributed by atoms with Crippen LogP contribution in [0.2, 0.25) is 0 Å². The molecule has 3 aliphatic rings. The van der Waals surface area contributed by atoms with Crippen LogP contribution in [0.1, 0.15) is 44.9 Å². The smallest absolute Gasteiger partial charge is 0.246 e. The van der Waals surface area contributed by atoms with E-state index in [-0.39, 0.29) is 17.9 Å². The van der Waals surface area contributed by atoms with Gasteiger partial charge in [-0.25, -0.2) is 0 Å². The molecule has 2 saturated carbocycles. The van der Waals surface area contributed by atoms with Gasteiger partial charge in [-0.2, -0.15) is 0 Å². The molecule has 1 unspecified atom stereocenters. The first-order chi connectivity index (χ1) is 9.19. The van der Waals surface area contributed by atoms with Crippen LogP contribution in [0, 0.1) is 5.92 Å². The third-order valence-corrected chi connectivity index (χ3v) is 4.80. The van der Waals surface area contributed by atoms with Crippen molar-refractivity contribution in [1.29, 1.82) is 0 Å². The summed E-state index contributed by atoms with van der Waals surface area (Å²) in [6.45, 7) is -0.0540. The minimum absolute atomic E-state index is 0.000332. The molecular formula is C14H21FN2O2. The van der Waals surface area contributed by atoms with Crippen molar-refractivity contribution in [3.63, 3.8) is 0 Å². The summed E-state index contributed by atoms with van der Waals surface area (Å²) in [5.41, 5.74) is -0.669. The quantitative estimate of drug-likeness (QED) is 0.837. The van der Waals surface area contributed by atoms with Gasteiger partial charge in [0.1, 0.15) is 11.6 Å². The van der Waals surface area contributed by atoms with Gasteiger partial charge in [0.05, 0.1) is 6.67 Å². The molecule has 1 heterocycles. The molecule has 2 aliphatic carbocycles. The zero-order valence-electron chi connectivity index (χ0n) is 11.2. The minimum Gasteiger partial charge on any atom is -0.342 e. The fraction of sp³-hybridized carbons (Fsp3) is 0.857. The highest BCUT2D eigenvalue weighted by Gasteiger charge is 2.55. The molecule has 4 nitrogen and oxygen atoms in total. The Morgan fingerprint density at radius 2 is 1.95 bits per heavy atom. The number of carbonyl (C=O) groups is 2. The van der Waals surface area contributed by atoms with Crippen LogP contribution in [0.4, 0.5) is 4.39 Å². The Bertz CT molecular complexity index is 389. The summed E-state index contributed by atoms with van der Waals surface area (Å²) in [4.78, 5) is 26.8. The highest BCUT2D eigenvalue weighted by atomic mass is 19.1. The van der Waals surface area contributed by atoms with Gasteiger partial charge in [0.15, 0.2) is 0 Å². The standard InChI is InChI=1S/C14H21FN2O2/c15-8-3-9-17-12(18)11(10-4-5-10)16-13(19)14(17)6-1-2-7-14/h10-11H,1-9H2,(H,16,19). The number of piperazine rings is 1. The zero-order valence-corrected chi connectivity index (χ0v) is 11.2. The van der Waals surface area contributed by atoms with E-state index in [1.54, 1.807) is 4.90 Å². The first kappa shape index (κ1) is 12.9.